The second-order valence-electron chi connectivity index (χ2n) is 5.93. The Bertz CT molecular complexity index is 441. The van der Waals surface area contributed by atoms with Gasteiger partial charge in [0.05, 0.1) is 0 Å². The average molecular weight is 320 g/mol. The lowest BCUT2D eigenvalue weighted by Gasteiger charge is -2.11. The highest BCUT2D eigenvalue weighted by Crippen LogP contribution is 2.25. The molecule has 3 heteroatoms. The van der Waals surface area contributed by atoms with Crippen molar-refractivity contribution in [2.45, 2.75) is 58.3 Å². The fourth-order valence-electron chi connectivity index (χ4n) is 2.59. The summed E-state index contributed by atoms with van der Waals surface area (Å²) >= 11 is 0. The minimum absolute atomic E-state index is 0.280. The maximum Gasteiger partial charge on any atom is 0.188 e. The second-order valence-corrected chi connectivity index (χ2v) is 5.93. The molecule has 3 nitrogen and oxygen atoms in total. The summed E-state index contributed by atoms with van der Waals surface area (Å²) in [4.78, 5) is 0. The summed E-state index contributed by atoms with van der Waals surface area (Å²) in [5.74, 6) is 0.912. The zero-order valence-corrected chi connectivity index (χ0v) is 14.7. The van der Waals surface area contributed by atoms with Gasteiger partial charge < -0.3 is 14.6 Å². The number of aliphatic hydroxyl groups is 1. The first-order valence-electron chi connectivity index (χ1n) is 8.78. The summed E-state index contributed by atoms with van der Waals surface area (Å²) in [7, 11) is 1.64. The van der Waals surface area contributed by atoms with E-state index in [1.165, 1.54) is 32.1 Å². The lowest BCUT2D eigenvalue weighted by Crippen LogP contribution is -2.01. The lowest BCUT2D eigenvalue weighted by molar-refractivity contribution is 0.0505. The molecule has 0 aromatic heterocycles. The Morgan fingerprint density at radius 2 is 1.70 bits per heavy atom. The molecule has 23 heavy (non-hydrogen) atoms. The number of aryl methyl sites for hydroxylation is 1. The predicted octanol–water partition coefficient (Wildman–Crippen LogP) is 5.10. The normalized spacial score (nSPS) is 11.3. The molecule has 1 aromatic rings. The summed E-state index contributed by atoms with van der Waals surface area (Å²) in [6.07, 6.45) is 14.0. The largest absolute Gasteiger partial charge is 0.467 e. The summed E-state index contributed by atoms with van der Waals surface area (Å²) in [5, 5.41) is 8.72. The molecule has 0 saturated heterocycles. The fraction of sp³-hybridized carbons (Fsp3) is 0.600. The van der Waals surface area contributed by atoms with Crippen LogP contribution < -0.4 is 4.74 Å². The third-order valence-corrected chi connectivity index (χ3v) is 3.89. The average Bonchev–Trinajstić information content (AvgIpc) is 2.56. The number of aliphatic hydroxyl groups excluding tert-OH is 1. The van der Waals surface area contributed by atoms with Crippen molar-refractivity contribution in [3.63, 3.8) is 0 Å². The molecule has 0 heterocycles. The Hall–Kier alpha value is -1.32. The predicted molar refractivity (Wildman–Crippen MR) is 96.7 cm³/mol. The van der Waals surface area contributed by atoms with E-state index in [2.05, 4.69) is 37.3 Å². The number of hydrogen-bond acceptors (Lipinski definition) is 3. The van der Waals surface area contributed by atoms with Crippen LogP contribution in [0.4, 0.5) is 0 Å². The Morgan fingerprint density at radius 1 is 1.00 bits per heavy atom. The van der Waals surface area contributed by atoms with Crippen molar-refractivity contribution >= 4 is 6.08 Å². The molecule has 0 unspecified atom stereocenters. The first-order chi connectivity index (χ1) is 11.3. The SMILES string of the molecule is COCOc1c(C)cccc1/C=C\CCCCCCCCCO. The standard InChI is InChI=1S/C20H32O3/c1-18-13-12-15-19(20(18)23-17-22-2)14-10-8-6-4-3-5-7-9-11-16-21/h10,12-15,21H,3-9,11,16-17H2,1-2H3/b14-10-. The van der Waals surface area contributed by atoms with E-state index >= 15 is 0 Å². The first kappa shape index (κ1) is 19.7. The molecular formula is C20H32O3. The van der Waals surface area contributed by atoms with E-state index in [9.17, 15) is 0 Å². The van der Waals surface area contributed by atoms with Crippen LogP contribution in [0.2, 0.25) is 0 Å². The molecule has 0 aliphatic heterocycles. The molecule has 0 atom stereocenters. The van der Waals surface area contributed by atoms with Crippen molar-refractivity contribution in [3.8, 4) is 5.75 Å². The van der Waals surface area contributed by atoms with Gasteiger partial charge in [-0.2, -0.15) is 0 Å². The maximum atomic E-state index is 8.72. The van der Waals surface area contributed by atoms with Crippen molar-refractivity contribution in [3.05, 3.63) is 35.4 Å². The van der Waals surface area contributed by atoms with Crippen LogP contribution in [0, 0.1) is 6.92 Å². The van der Waals surface area contributed by atoms with Crippen LogP contribution in [0.5, 0.6) is 5.75 Å². The number of benzene rings is 1. The Labute approximate surface area is 141 Å². The van der Waals surface area contributed by atoms with E-state index < -0.39 is 0 Å². The number of hydrogen-bond donors (Lipinski definition) is 1. The molecule has 0 amide bonds. The van der Waals surface area contributed by atoms with E-state index in [0.717, 1.165) is 36.1 Å². The van der Waals surface area contributed by atoms with Crippen molar-refractivity contribution in [2.24, 2.45) is 0 Å². The first-order valence-corrected chi connectivity index (χ1v) is 8.78. The number of rotatable bonds is 13. The fourth-order valence-corrected chi connectivity index (χ4v) is 2.59. The summed E-state index contributed by atoms with van der Waals surface area (Å²) in [5.41, 5.74) is 2.25. The van der Waals surface area contributed by atoms with E-state index in [1.807, 2.05) is 0 Å². The van der Waals surface area contributed by atoms with Gasteiger partial charge in [0.15, 0.2) is 6.79 Å². The number of methoxy groups -OCH3 is 1. The van der Waals surface area contributed by atoms with Crippen LogP contribution in [0.1, 0.15) is 62.5 Å². The van der Waals surface area contributed by atoms with Crippen molar-refractivity contribution < 1.29 is 14.6 Å². The van der Waals surface area contributed by atoms with Gasteiger partial charge >= 0.3 is 0 Å². The van der Waals surface area contributed by atoms with Gasteiger partial charge in [0.1, 0.15) is 5.75 Å². The van der Waals surface area contributed by atoms with Crippen LogP contribution in [0.3, 0.4) is 0 Å². The van der Waals surface area contributed by atoms with E-state index in [1.54, 1.807) is 7.11 Å². The van der Waals surface area contributed by atoms with Crippen molar-refractivity contribution in [1.29, 1.82) is 0 Å². The van der Waals surface area contributed by atoms with Gasteiger partial charge in [0, 0.05) is 19.3 Å². The zero-order valence-electron chi connectivity index (χ0n) is 14.7. The molecule has 0 fully saturated rings. The summed E-state index contributed by atoms with van der Waals surface area (Å²) in [6, 6.07) is 6.19. The number of para-hydroxylation sites is 1. The van der Waals surface area contributed by atoms with Gasteiger partial charge in [-0.1, -0.05) is 62.5 Å². The highest BCUT2D eigenvalue weighted by atomic mass is 16.7. The van der Waals surface area contributed by atoms with Gasteiger partial charge in [-0.05, 0) is 31.7 Å². The number of unbranched alkanes of at least 4 members (excludes halogenated alkanes) is 7. The van der Waals surface area contributed by atoms with Crippen LogP contribution in [0.25, 0.3) is 6.08 Å². The minimum Gasteiger partial charge on any atom is -0.467 e. The molecule has 130 valence electrons. The third-order valence-electron chi connectivity index (χ3n) is 3.89. The van der Waals surface area contributed by atoms with Crippen LogP contribution in [-0.2, 0) is 4.74 Å². The summed E-state index contributed by atoms with van der Waals surface area (Å²) in [6.45, 7) is 2.67. The quantitative estimate of drug-likeness (QED) is 0.406. The van der Waals surface area contributed by atoms with Crippen molar-refractivity contribution in [1.82, 2.24) is 0 Å². The monoisotopic (exact) mass is 320 g/mol. The number of ether oxygens (including phenoxy) is 2. The molecule has 1 rings (SSSR count). The highest BCUT2D eigenvalue weighted by Gasteiger charge is 2.03. The van der Waals surface area contributed by atoms with Gasteiger partial charge in [-0.3, -0.25) is 0 Å². The van der Waals surface area contributed by atoms with Gasteiger partial charge in [-0.15, -0.1) is 0 Å². The highest BCUT2D eigenvalue weighted by molar-refractivity contribution is 5.59. The van der Waals surface area contributed by atoms with Crippen molar-refractivity contribution in [2.75, 3.05) is 20.5 Å². The lowest BCUT2D eigenvalue weighted by atomic mass is 10.1. The molecular weight excluding hydrogens is 288 g/mol. The Balaban J connectivity index is 2.25. The Morgan fingerprint density at radius 3 is 2.39 bits per heavy atom. The Kier molecular flexibility index (Phi) is 11.3. The van der Waals surface area contributed by atoms with E-state index in [4.69, 9.17) is 14.6 Å². The molecule has 0 saturated carbocycles. The van der Waals surface area contributed by atoms with Gasteiger partial charge in [-0.25, -0.2) is 0 Å². The smallest absolute Gasteiger partial charge is 0.188 e. The topological polar surface area (TPSA) is 38.7 Å². The zero-order chi connectivity index (χ0) is 16.8. The van der Waals surface area contributed by atoms with Crippen LogP contribution in [-0.4, -0.2) is 25.6 Å². The molecule has 1 N–H and O–H groups in total. The second kappa shape index (κ2) is 13.1. The molecule has 0 radical (unpaired) electrons. The molecule has 0 bridgehead atoms. The van der Waals surface area contributed by atoms with Crippen LogP contribution in [0.15, 0.2) is 24.3 Å². The van der Waals surface area contributed by atoms with Crippen LogP contribution >= 0.6 is 0 Å². The van der Waals surface area contributed by atoms with Gasteiger partial charge in [0.2, 0.25) is 0 Å². The maximum absolute atomic E-state index is 8.72. The van der Waals surface area contributed by atoms with E-state index in [-0.39, 0.29) is 6.79 Å². The minimum atomic E-state index is 0.280. The molecule has 1 aromatic carbocycles. The van der Waals surface area contributed by atoms with Gasteiger partial charge in [0.25, 0.3) is 0 Å². The van der Waals surface area contributed by atoms with E-state index in [0.29, 0.717) is 6.61 Å². The third kappa shape index (κ3) is 8.77. The molecule has 0 aliphatic rings. The summed E-state index contributed by atoms with van der Waals surface area (Å²) < 4.78 is 10.7. The number of allylic oxidation sites excluding steroid dienone is 1. The molecule has 0 spiro atoms. The molecule has 0 aliphatic carbocycles.